The molecular weight excluding hydrogens is 254 g/mol. The molecule has 6 nitrogen and oxygen atoms in total. The van der Waals surface area contributed by atoms with Gasteiger partial charge in [0, 0.05) is 25.1 Å². The van der Waals surface area contributed by atoms with Crippen LogP contribution in [0.2, 0.25) is 0 Å². The van der Waals surface area contributed by atoms with Crippen molar-refractivity contribution in [3.05, 3.63) is 11.9 Å². The minimum absolute atomic E-state index is 0.0300. The van der Waals surface area contributed by atoms with E-state index in [1.54, 1.807) is 0 Å². The first-order chi connectivity index (χ1) is 9.49. The summed E-state index contributed by atoms with van der Waals surface area (Å²) >= 11 is 0. The standard InChI is InChI=1S/C14H23N5O/c1-8(2)16-14(20)9(3)17-12-7-11(15-4)18-13(19-12)10-5-6-10/h7-10H,5-6H2,1-4H3,(H,16,20)(H2,15,17,18,19). The van der Waals surface area contributed by atoms with Gasteiger partial charge in [0.25, 0.3) is 0 Å². The Kier molecular flexibility index (Phi) is 4.42. The summed E-state index contributed by atoms with van der Waals surface area (Å²) in [6.45, 7) is 5.72. The normalized spacial score (nSPS) is 15.8. The summed E-state index contributed by atoms with van der Waals surface area (Å²) in [5.74, 6) is 2.77. The van der Waals surface area contributed by atoms with Crippen molar-refractivity contribution >= 4 is 17.5 Å². The molecule has 110 valence electrons. The number of anilines is 2. The Morgan fingerprint density at radius 3 is 2.45 bits per heavy atom. The van der Waals surface area contributed by atoms with Crippen LogP contribution in [0, 0.1) is 0 Å². The maximum atomic E-state index is 11.9. The number of rotatable bonds is 6. The molecule has 1 heterocycles. The fourth-order valence-corrected chi connectivity index (χ4v) is 1.89. The zero-order chi connectivity index (χ0) is 14.7. The summed E-state index contributed by atoms with van der Waals surface area (Å²) in [6.07, 6.45) is 2.30. The smallest absolute Gasteiger partial charge is 0.242 e. The molecule has 0 aliphatic heterocycles. The lowest BCUT2D eigenvalue weighted by atomic mass is 10.2. The van der Waals surface area contributed by atoms with Crippen LogP contribution in [0.3, 0.4) is 0 Å². The van der Waals surface area contributed by atoms with E-state index in [0.29, 0.717) is 11.7 Å². The topological polar surface area (TPSA) is 78.9 Å². The fraction of sp³-hybridized carbons (Fsp3) is 0.643. The van der Waals surface area contributed by atoms with Crippen LogP contribution in [0.1, 0.15) is 45.4 Å². The summed E-state index contributed by atoms with van der Waals surface area (Å²) in [6, 6.07) is 1.63. The van der Waals surface area contributed by atoms with Gasteiger partial charge in [-0.3, -0.25) is 4.79 Å². The van der Waals surface area contributed by atoms with E-state index in [-0.39, 0.29) is 18.0 Å². The third kappa shape index (κ3) is 3.82. The van der Waals surface area contributed by atoms with Gasteiger partial charge in [0.05, 0.1) is 0 Å². The third-order valence-corrected chi connectivity index (χ3v) is 3.13. The van der Waals surface area contributed by atoms with Crippen LogP contribution in [-0.2, 0) is 4.79 Å². The molecule has 1 unspecified atom stereocenters. The molecule has 1 aliphatic carbocycles. The van der Waals surface area contributed by atoms with Crippen molar-refractivity contribution in [3.8, 4) is 0 Å². The van der Waals surface area contributed by atoms with Crippen LogP contribution in [0.25, 0.3) is 0 Å². The lowest BCUT2D eigenvalue weighted by Crippen LogP contribution is -2.41. The van der Waals surface area contributed by atoms with Crippen molar-refractivity contribution in [1.29, 1.82) is 0 Å². The second-order valence-electron chi connectivity index (χ2n) is 5.55. The Bertz CT molecular complexity index is 484. The second-order valence-corrected chi connectivity index (χ2v) is 5.55. The van der Waals surface area contributed by atoms with E-state index < -0.39 is 0 Å². The first-order valence-corrected chi connectivity index (χ1v) is 7.13. The van der Waals surface area contributed by atoms with Crippen molar-refractivity contribution in [1.82, 2.24) is 15.3 Å². The summed E-state index contributed by atoms with van der Waals surface area (Å²) < 4.78 is 0. The van der Waals surface area contributed by atoms with Gasteiger partial charge in [-0.05, 0) is 33.6 Å². The van der Waals surface area contributed by atoms with E-state index in [0.717, 1.165) is 24.5 Å². The van der Waals surface area contributed by atoms with Crippen molar-refractivity contribution in [2.24, 2.45) is 0 Å². The van der Waals surface area contributed by atoms with E-state index in [1.165, 1.54) is 0 Å². The Labute approximate surface area is 119 Å². The van der Waals surface area contributed by atoms with Crippen LogP contribution < -0.4 is 16.0 Å². The van der Waals surface area contributed by atoms with Gasteiger partial charge in [-0.1, -0.05) is 0 Å². The molecule has 1 fully saturated rings. The van der Waals surface area contributed by atoms with E-state index in [9.17, 15) is 4.79 Å². The van der Waals surface area contributed by atoms with Crippen LogP contribution in [0.5, 0.6) is 0 Å². The average Bonchev–Trinajstić information content (AvgIpc) is 3.21. The first kappa shape index (κ1) is 14.6. The number of hydrogen-bond acceptors (Lipinski definition) is 5. The van der Waals surface area contributed by atoms with Crippen LogP contribution in [0.4, 0.5) is 11.6 Å². The minimum Gasteiger partial charge on any atom is -0.373 e. The van der Waals surface area contributed by atoms with Gasteiger partial charge < -0.3 is 16.0 Å². The van der Waals surface area contributed by atoms with Crippen molar-refractivity contribution in [2.75, 3.05) is 17.7 Å². The number of nitrogens with zero attached hydrogens (tertiary/aromatic N) is 2. The molecule has 2 rings (SSSR count). The summed E-state index contributed by atoms with van der Waals surface area (Å²) in [5.41, 5.74) is 0. The SMILES string of the molecule is CNc1cc(NC(C)C(=O)NC(C)C)nc(C2CC2)n1. The molecule has 1 atom stereocenters. The van der Waals surface area contributed by atoms with E-state index >= 15 is 0 Å². The molecular formula is C14H23N5O. The molecule has 0 saturated heterocycles. The molecule has 1 aliphatic rings. The quantitative estimate of drug-likeness (QED) is 0.738. The van der Waals surface area contributed by atoms with Crippen molar-refractivity contribution in [3.63, 3.8) is 0 Å². The summed E-state index contributed by atoms with van der Waals surface area (Å²) in [5, 5.41) is 9.06. The summed E-state index contributed by atoms with van der Waals surface area (Å²) in [7, 11) is 1.83. The van der Waals surface area contributed by atoms with Gasteiger partial charge in [0.2, 0.25) is 5.91 Å². The third-order valence-electron chi connectivity index (χ3n) is 3.13. The van der Waals surface area contributed by atoms with Gasteiger partial charge in [0.15, 0.2) is 0 Å². The predicted molar refractivity (Wildman–Crippen MR) is 79.9 cm³/mol. The molecule has 1 aromatic heterocycles. The number of carbonyl (C=O) groups excluding carboxylic acids is 1. The number of amides is 1. The highest BCUT2D eigenvalue weighted by molar-refractivity contribution is 5.84. The zero-order valence-corrected chi connectivity index (χ0v) is 12.5. The molecule has 1 amide bonds. The molecule has 6 heteroatoms. The molecule has 3 N–H and O–H groups in total. The van der Waals surface area contributed by atoms with Gasteiger partial charge in [-0.2, -0.15) is 0 Å². The maximum Gasteiger partial charge on any atom is 0.242 e. The highest BCUT2D eigenvalue weighted by Gasteiger charge is 2.27. The molecule has 20 heavy (non-hydrogen) atoms. The largest absolute Gasteiger partial charge is 0.373 e. The average molecular weight is 277 g/mol. The molecule has 0 radical (unpaired) electrons. The molecule has 0 aromatic carbocycles. The molecule has 1 aromatic rings. The zero-order valence-electron chi connectivity index (χ0n) is 12.5. The highest BCUT2D eigenvalue weighted by atomic mass is 16.2. The number of hydrogen-bond donors (Lipinski definition) is 3. The van der Waals surface area contributed by atoms with Crippen molar-refractivity contribution in [2.45, 2.75) is 51.6 Å². The number of aromatic nitrogens is 2. The van der Waals surface area contributed by atoms with Gasteiger partial charge in [-0.15, -0.1) is 0 Å². The Hall–Kier alpha value is -1.85. The van der Waals surface area contributed by atoms with Crippen LogP contribution in [-0.4, -0.2) is 35.0 Å². The lowest BCUT2D eigenvalue weighted by Gasteiger charge is -2.17. The molecule has 0 spiro atoms. The molecule has 0 bridgehead atoms. The first-order valence-electron chi connectivity index (χ1n) is 7.13. The summed E-state index contributed by atoms with van der Waals surface area (Å²) in [4.78, 5) is 20.9. The Balaban J connectivity index is 2.07. The van der Waals surface area contributed by atoms with Crippen LogP contribution in [0.15, 0.2) is 6.07 Å². The fourth-order valence-electron chi connectivity index (χ4n) is 1.89. The highest BCUT2D eigenvalue weighted by Crippen LogP contribution is 2.38. The lowest BCUT2D eigenvalue weighted by molar-refractivity contribution is -0.122. The van der Waals surface area contributed by atoms with E-state index in [4.69, 9.17) is 0 Å². The van der Waals surface area contributed by atoms with E-state index in [1.807, 2.05) is 33.9 Å². The van der Waals surface area contributed by atoms with Crippen LogP contribution >= 0.6 is 0 Å². The Morgan fingerprint density at radius 2 is 1.90 bits per heavy atom. The molecule has 1 saturated carbocycles. The monoisotopic (exact) mass is 277 g/mol. The second kappa shape index (κ2) is 6.07. The number of carbonyl (C=O) groups is 1. The van der Waals surface area contributed by atoms with E-state index in [2.05, 4.69) is 25.9 Å². The van der Waals surface area contributed by atoms with Crippen molar-refractivity contribution < 1.29 is 4.79 Å². The van der Waals surface area contributed by atoms with Gasteiger partial charge in [-0.25, -0.2) is 9.97 Å². The predicted octanol–water partition coefficient (Wildman–Crippen LogP) is 1.72. The minimum atomic E-state index is -0.330. The Morgan fingerprint density at radius 1 is 1.25 bits per heavy atom. The number of nitrogens with one attached hydrogen (secondary N) is 3. The van der Waals surface area contributed by atoms with Gasteiger partial charge >= 0.3 is 0 Å². The maximum absolute atomic E-state index is 11.9. The van der Waals surface area contributed by atoms with Gasteiger partial charge in [0.1, 0.15) is 23.5 Å².